The summed E-state index contributed by atoms with van der Waals surface area (Å²) < 4.78 is 6.72. The first-order valence-corrected chi connectivity index (χ1v) is 7.01. The van der Waals surface area contributed by atoms with E-state index < -0.39 is 6.04 Å². The van der Waals surface area contributed by atoms with Gasteiger partial charge in [-0.2, -0.15) is 5.10 Å². The maximum Gasteiger partial charge on any atom is 0.327 e. The Kier molecular flexibility index (Phi) is 5.11. The molecule has 0 amide bonds. The third-order valence-electron chi connectivity index (χ3n) is 3.27. The average Bonchev–Trinajstić information content (AvgIpc) is 2.98. The monoisotopic (exact) mass is 287 g/mol. The number of esters is 1. The zero-order chi connectivity index (χ0) is 15.2. The number of methoxy groups -OCH3 is 1. The van der Waals surface area contributed by atoms with Crippen molar-refractivity contribution in [1.29, 1.82) is 0 Å². The number of ether oxygens (including phenoxy) is 1. The fourth-order valence-corrected chi connectivity index (χ4v) is 2.06. The van der Waals surface area contributed by atoms with E-state index in [1.54, 1.807) is 6.20 Å². The van der Waals surface area contributed by atoms with E-state index in [9.17, 15) is 4.79 Å². The van der Waals surface area contributed by atoms with Crippen LogP contribution in [-0.4, -0.2) is 22.9 Å². The van der Waals surface area contributed by atoms with Crippen molar-refractivity contribution in [3.8, 4) is 0 Å². The van der Waals surface area contributed by atoms with E-state index in [0.717, 1.165) is 11.1 Å². The van der Waals surface area contributed by atoms with E-state index in [1.807, 2.05) is 55.1 Å². The Balaban J connectivity index is 2.12. The molecule has 21 heavy (non-hydrogen) atoms. The number of hydrogen-bond acceptors (Lipinski definition) is 4. The van der Waals surface area contributed by atoms with Crippen molar-refractivity contribution in [1.82, 2.24) is 15.1 Å². The highest BCUT2D eigenvalue weighted by Gasteiger charge is 2.22. The van der Waals surface area contributed by atoms with Crippen molar-refractivity contribution < 1.29 is 9.53 Å². The molecular weight excluding hydrogens is 266 g/mol. The first-order chi connectivity index (χ1) is 10.1. The highest BCUT2D eigenvalue weighted by Crippen LogP contribution is 2.16. The van der Waals surface area contributed by atoms with Gasteiger partial charge in [-0.05, 0) is 19.4 Å². The number of carbonyl (C=O) groups excluding carboxylic acids is 1. The molecule has 0 aliphatic rings. The molecule has 0 bridgehead atoms. The van der Waals surface area contributed by atoms with Crippen LogP contribution in [0, 0.1) is 0 Å². The normalized spacial score (nSPS) is 12.4. The maximum atomic E-state index is 12.0. The number of nitrogens with one attached hydrogen (secondary N) is 1. The van der Waals surface area contributed by atoms with E-state index in [0.29, 0.717) is 6.54 Å². The summed E-state index contributed by atoms with van der Waals surface area (Å²) in [7, 11) is 1.40. The third-order valence-corrected chi connectivity index (χ3v) is 3.27. The zero-order valence-electron chi connectivity index (χ0n) is 12.6. The topological polar surface area (TPSA) is 56.1 Å². The van der Waals surface area contributed by atoms with Crippen molar-refractivity contribution in [3.05, 3.63) is 53.9 Å². The van der Waals surface area contributed by atoms with Gasteiger partial charge in [0.15, 0.2) is 0 Å². The van der Waals surface area contributed by atoms with E-state index >= 15 is 0 Å². The molecule has 112 valence electrons. The number of nitrogens with zero attached hydrogens (tertiary/aromatic N) is 2. The predicted molar refractivity (Wildman–Crippen MR) is 80.7 cm³/mol. The van der Waals surface area contributed by atoms with Gasteiger partial charge in [0.2, 0.25) is 0 Å². The molecule has 1 atom stereocenters. The van der Waals surface area contributed by atoms with Gasteiger partial charge in [0.25, 0.3) is 0 Å². The molecule has 0 spiro atoms. The maximum absolute atomic E-state index is 12.0. The van der Waals surface area contributed by atoms with Crippen LogP contribution in [0.3, 0.4) is 0 Å². The Bertz CT molecular complexity index is 578. The summed E-state index contributed by atoms with van der Waals surface area (Å²) in [5.41, 5.74) is 1.93. The zero-order valence-corrected chi connectivity index (χ0v) is 12.6. The molecule has 1 aromatic carbocycles. The molecule has 1 aromatic heterocycles. The third kappa shape index (κ3) is 3.92. The van der Waals surface area contributed by atoms with Crippen LogP contribution in [0.5, 0.6) is 0 Å². The Hall–Kier alpha value is -2.14. The second-order valence-corrected chi connectivity index (χ2v) is 5.17. The highest BCUT2D eigenvalue weighted by atomic mass is 16.5. The lowest BCUT2D eigenvalue weighted by Crippen LogP contribution is -2.29. The Morgan fingerprint density at radius 2 is 2.05 bits per heavy atom. The molecular formula is C16H21N3O2. The van der Waals surface area contributed by atoms with E-state index in [4.69, 9.17) is 4.74 Å². The lowest BCUT2D eigenvalue weighted by atomic mass is 10.1. The Morgan fingerprint density at radius 1 is 1.33 bits per heavy atom. The lowest BCUT2D eigenvalue weighted by Gasteiger charge is -2.15. The quantitative estimate of drug-likeness (QED) is 0.829. The second-order valence-electron chi connectivity index (χ2n) is 5.17. The molecule has 2 aromatic rings. The molecule has 1 unspecified atom stereocenters. The Labute approximate surface area is 124 Å². The molecule has 0 fully saturated rings. The first-order valence-electron chi connectivity index (χ1n) is 7.01. The lowest BCUT2D eigenvalue weighted by molar-refractivity contribution is -0.143. The molecule has 5 heteroatoms. The smallest absolute Gasteiger partial charge is 0.327 e. The molecule has 0 saturated heterocycles. The van der Waals surface area contributed by atoms with Crippen LogP contribution in [-0.2, 0) is 16.1 Å². The molecule has 0 radical (unpaired) electrons. The summed E-state index contributed by atoms with van der Waals surface area (Å²) >= 11 is 0. The van der Waals surface area contributed by atoms with Gasteiger partial charge in [0, 0.05) is 24.3 Å². The summed E-state index contributed by atoms with van der Waals surface area (Å²) in [6, 6.07) is 9.68. The SMILES string of the molecule is COC(=O)C(NCc1ccccc1)c1cnn(C(C)C)c1. The van der Waals surface area contributed by atoms with Gasteiger partial charge in [0.05, 0.1) is 13.3 Å². The van der Waals surface area contributed by atoms with Gasteiger partial charge in [-0.15, -0.1) is 0 Å². The van der Waals surface area contributed by atoms with Crippen LogP contribution in [0.2, 0.25) is 0 Å². The number of benzene rings is 1. The molecule has 0 aliphatic heterocycles. The largest absolute Gasteiger partial charge is 0.468 e. The summed E-state index contributed by atoms with van der Waals surface area (Å²) in [5.74, 6) is -0.311. The minimum Gasteiger partial charge on any atom is -0.468 e. The van der Waals surface area contributed by atoms with Gasteiger partial charge >= 0.3 is 5.97 Å². The van der Waals surface area contributed by atoms with Crippen LogP contribution >= 0.6 is 0 Å². The van der Waals surface area contributed by atoms with Gasteiger partial charge in [-0.3, -0.25) is 10.00 Å². The van der Waals surface area contributed by atoms with Crippen LogP contribution in [0.25, 0.3) is 0 Å². The first kappa shape index (κ1) is 15.3. The number of rotatable bonds is 6. The van der Waals surface area contributed by atoms with Crippen molar-refractivity contribution in [2.45, 2.75) is 32.5 Å². The number of carbonyl (C=O) groups is 1. The summed E-state index contributed by atoms with van der Waals surface area (Å²) in [4.78, 5) is 12.0. The molecule has 0 aliphatic carbocycles. The molecule has 1 heterocycles. The Morgan fingerprint density at radius 3 is 2.62 bits per heavy atom. The molecule has 0 saturated carbocycles. The van der Waals surface area contributed by atoms with Gasteiger partial charge < -0.3 is 4.74 Å². The number of hydrogen-bond donors (Lipinski definition) is 1. The second kappa shape index (κ2) is 7.04. The van der Waals surface area contributed by atoms with E-state index in [1.165, 1.54) is 7.11 Å². The molecule has 2 rings (SSSR count). The van der Waals surface area contributed by atoms with E-state index in [-0.39, 0.29) is 12.0 Å². The van der Waals surface area contributed by atoms with Crippen molar-refractivity contribution >= 4 is 5.97 Å². The highest BCUT2D eigenvalue weighted by molar-refractivity contribution is 5.77. The minimum absolute atomic E-state index is 0.256. The number of aromatic nitrogens is 2. The van der Waals surface area contributed by atoms with Gasteiger partial charge in [-0.25, -0.2) is 4.79 Å². The van der Waals surface area contributed by atoms with Crippen LogP contribution in [0.1, 0.15) is 37.1 Å². The molecule has 5 nitrogen and oxygen atoms in total. The van der Waals surface area contributed by atoms with Crippen molar-refractivity contribution in [3.63, 3.8) is 0 Å². The van der Waals surface area contributed by atoms with Crippen molar-refractivity contribution in [2.75, 3.05) is 7.11 Å². The molecule has 1 N–H and O–H groups in total. The summed E-state index contributed by atoms with van der Waals surface area (Å²) in [5, 5.41) is 7.50. The predicted octanol–water partition coefficient (Wildman–Crippen LogP) is 2.47. The standard InChI is InChI=1S/C16H21N3O2/c1-12(2)19-11-14(10-18-19)15(16(20)21-3)17-9-13-7-5-4-6-8-13/h4-8,10-12,15,17H,9H2,1-3H3. The van der Waals surface area contributed by atoms with Crippen LogP contribution in [0.15, 0.2) is 42.7 Å². The van der Waals surface area contributed by atoms with E-state index in [2.05, 4.69) is 10.4 Å². The van der Waals surface area contributed by atoms with Gasteiger partial charge in [0.1, 0.15) is 6.04 Å². The summed E-state index contributed by atoms with van der Waals surface area (Å²) in [6.07, 6.45) is 3.59. The fraction of sp³-hybridized carbons (Fsp3) is 0.375. The van der Waals surface area contributed by atoms with Gasteiger partial charge in [-0.1, -0.05) is 30.3 Å². The summed E-state index contributed by atoms with van der Waals surface area (Å²) in [6.45, 7) is 4.68. The average molecular weight is 287 g/mol. The van der Waals surface area contributed by atoms with Crippen LogP contribution in [0.4, 0.5) is 0 Å². The van der Waals surface area contributed by atoms with Crippen LogP contribution < -0.4 is 5.32 Å². The minimum atomic E-state index is -0.511. The fourth-order valence-electron chi connectivity index (χ4n) is 2.06. The van der Waals surface area contributed by atoms with Crippen molar-refractivity contribution in [2.24, 2.45) is 0 Å².